The molecule has 6 unspecified atom stereocenters. The highest BCUT2D eigenvalue weighted by molar-refractivity contribution is 4.92. The molecule has 2 saturated heterocycles. The van der Waals surface area contributed by atoms with Crippen molar-refractivity contribution in [2.45, 2.75) is 61.5 Å². The van der Waals surface area contributed by atoms with Crippen LogP contribution in [0, 0.1) is 0 Å². The highest BCUT2D eigenvalue weighted by Gasteiger charge is 2.47. The largest absolute Gasteiger partial charge is 0.394 e. The summed E-state index contributed by atoms with van der Waals surface area (Å²) < 4.78 is 15.9. The van der Waals surface area contributed by atoms with Crippen LogP contribution in [0.3, 0.4) is 0 Å². The summed E-state index contributed by atoms with van der Waals surface area (Å²) in [5.41, 5.74) is 0. The molecule has 0 aromatic carbocycles. The van der Waals surface area contributed by atoms with Crippen LogP contribution in [0.1, 0.15) is 6.42 Å². The van der Waals surface area contributed by atoms with Gasteiger partial charge in [0.05, 0.1) is 19.3 Å². The first kappa shape index (κ1) is 18.9. The number of hydrogen-bond donors (Lipinski definition) is 7. The Morgan fingerprint density at radius 2 is 1.48 bits per heavy atom. The molecule has 2 aliphatic heterocycles. The molecule has 0 aliphatic carbocycles. The lowest BCUT2D eigenvalue weighted by Crippen LogP contribution is -2.61. The Labute approximate surface area is 132 Å². The van der Waals surface area contributed by atoms with Crippen molar-refractivity contribution in [1.29, 1.82) is 0 Å². The quantitative estimate of drug-likeness (QED) is 0.265. The van der Waals surface area contributed by atoms with Crippen molar-refractivity contribution in [2.75, 3.05) is 19.8 Å². The first-order chi connectivity index (χ1) is 10.9. The molecule has 0 spiro atoms. The molecule has 2 fully saturated rings. The van der Waals surface area contributed by atoms with Crippen LogP contribution in [0.15, 0.2) is 0 Å². The molecule has 0 aromatic heterocycles. The first-order valence-electron chi connectivity index (χ1n) is 7.45. The zero-order valence-corrected chi connectivity index (χ0v) is 12.4. The summed E-state index contributed by atoms with van der Waals surface area (Å²) in [6.45, 7) is -1.04. The molecule has 2 heterocycles. The number of aliphatic hydroxyl groups excluding tert-OH is 7. The first-order valence-corrected chi connectivity index (χ1v) is 7.45. The third-order valence-electron chi connectivity index (χ3n) is 4.16. The van der Waals surface area contributed by atoms with E-state index in [1.807, 2.05) is 0 Å². The van der Waals surface area contributed by atoms with Gasteiger partial charge in [-0.1, -0.05) is 0 Å². The summed E-state index contributed by atoms with van der Waals surface area (Å²) in [5, 5.41) is 67.8. The van der Waals surface area contributed by atoms with Gasteiger partial charge in [0.1, 0.15) is 42.7 Å². The van der Waals surface area contributed by atoms with Crippen LogP contribution in [0.2, 0.25) is 0 Å². The fraction of sp³-hybridized carbons (Fsp3) is 1.00. The number of hydrogen-bond acceptors (Lipinski definition) is 10. The molecule has 9 atom stereocenters. The SMILES string of the molecule is OCC1O[C@@H](O[C@H]2C(CO)OCCC(O)C2O)C(O)C(O)[C@H]1O. The lowest BCUT2D eigenvalue weighted by atomic mass is 9.98. The predicted octanol–water partition coefficient (Wildman–Crippen LogP) is -4.33. The van der Waals surface area contributed by atoms with E-state index in [0.29, 0.717) is 0 Å². The summed E-state index contributed by atoms with van der Waals surface area (Å²) in [6.07, 6.45) is -12.1. The highest BCUT2D eigenvalue weighted by atomic mass is 16.7. The summed E-state index contributed by atoms with van der Waals surface area (Å²) in [4.78, 5) is 0. The zero-order valence-electron chi connectivity index (χ0n) is 12.4. The van der Waals surface area contributed by atoms with Crippen LogP contribution in [-0.4, -0.2) is 111 Å². The van der Waals surface area contributed by atoms with E-state index in [9.17, 15) is 30.6 Å². The van der Waals surface area contributed by atoms with Crippen molar-refractivity contribution in [1.82, 2.24) is 0 Å². The molecular formula is C13H24O10. The lowest BCUT2D eigenvalue weighted by molar-refractivity contribution is -0.326. The molecule has 7 N–H and O–H groups in total. The van der Waals surface area contributed by atoms with Crippen molar-refractivity contribution < 1.29 is 50.0 Å². The van der Waals surface area contributed by atoms with Gasteiger partial charge in [-0.25, -0.2) is 0 Å². The Morgan fingerprint density at radius 3 is 2.09 bits per heavy atom. The van der Waals surface area contributed by atoms with Gasteiger partial charge in [-0.15, -0.1) is 0 Å². The third kappa shape index (κ3) is 3.99. The monoisotopic (exact) mass is 340 g/mol. The molecule has 23 heavy (non-hydrogen) atoms. The van der Waals surface area contributed by atoms with Crippen LogP contribution < -0.4 is 0 Å². The van der Waals surface area contributed by atoms with Crippen LogP contribution in [0.5, 0.6) is 0 Å². The second-order valence-corrected chi connectivity index (χ2v) is 5.74. The third-order valence-corrected chi connectivity index (χ3v) is 4.16. The van der Waals surface area contributed by atoms with Crippen LogP contribution in [0.25, 0.3) is 0 Å². The molecule has 0 bridgehead atoms. The van der Waals surface area contributed by atoms with Gasteiger partial charge in [0.15, 0.2) is 6.29 Å². The minimum absolute atomic E-state index is 0.0952. The van der Waals surface area contributed by atoms with Gasteiger partial charge >= 0.3 is 0 Å². The maximum absolute atomic E-state index is 10.1. The maximum Gasteiger partial charge on any atom is 0.187 e. The Kier molecular flexibility index (Phi) is 6.68. The van der Waals surface area contributed by atoms with E-state index in [1.165, 1.54) is 0 Å². The Hall–Kier alpha value is -0.400. The second-order valence-electron chi connectivity index (χ2n) is 5.74. The van der Waals surface area contributed by atoms with Gasteiger partial charge in [-0.05, 0) is 6.42 Å². The summed E-state index contributed by atoms with van der Waals surface area (Å²) in [6, 6.07) is 0. The molecule has 10 heteroatoms. The topological polar surface area (TPSA) is 169 Å². The van der Waals surface area contributed by atoms with Crippen molar-refractivity contribution in [3.8, 4) is 0 Å². The van der Waals surface area contributed by atoms with Crippen LogP contribution in [-0.2, 0) is 14.2 Å². The molecule has 0 amide bonds. The minimum Gasteiger partial charge on any atom is -0.394 e. The minimum atomic E-state index is -1.65. The summed E-state index contributed by atoms with van der Waals surface area (Å²) in [5.74, 6) is 0. The Balaban J connectivity index is 2.13. The molecule has 136 valence electrons. The highest BCUT2D eigenvalue weighted by Crippen LogP contribution is 2.26. The average molecular weight is 340 g/mol. The van der Waals surface area contributed by atoms with E-state index in [0.717, 1.165) is 0 Å². The predicted molar refractivity (Wildman–Crippen MR) is 72.1 cm³/mol. The van der Waals surface area contributed by atoms with Gasteiger partial charge in [0, 0.05) is 6.61 Å². The van der Waals surface area contributed by atoms with Gasteiger partial charge in [-0.3, -0.25) is 0 Å². The molecule has 2 rings (SSSR count). The number of rotatable bonds is 4. The molecular weight excluding hydrogens is 316 g/mol. The van der Waals surface area contributed by atoms with E-state index in [4.69, 9.17) is 19.3 Å². The standard InChI is InChI=1S/C13H24O10/c14-3-6-9(18)10(19)11(20)13(22-6)23-12-7(4-15)21-2-1-5(16)8(12)17/h5-20H,1-4H2/t5?,6?,7?,8?,9-,10?,11?,12-,13-/m0/s1. The van der Waals surface area contributed by atoms with E-state index in [-0.39, 0.29) is 13.0 Å². The van der Waals surface area contributed by atoms with Gasteiger partial charge < -0.3 is 50.0 Å². The molecule has 2 aliphatic rings. The van der Waals surface area contributed by atoms with Crippen molar-refractivity contribution in [3.05, 3.63) is 0 Å². The fourth-order valence-electron chi connectivity index (χ4n) is 2.70. The van der Waals surface area contributed by atoms with Crippen molar-refractivity contribution >= 4 is 0 Å². The van der Waals surface area contributed by atoms with Gasteiger partial charge in [-0.2, -0.15) is 0 Å². The smallest absolute Gasteiger partial charge is 0.187 e. The summed E-state index contributed by atoms with van der Waals surface area (Å²) in [7, 11) is 0. The van der Waals surface area contributed by atoms with E-state index >= 15 is 0 Å². The van der Waals surface area contributed by atoms with E-state index in [2.05, 4.69) is 0 Å². The maximum atomic E-state index is 10.1. The second kappa shape index (κ2) is 8.12. The lowest BCUT2D eigenvalue weighted by Gasteiger charge is -2.42. The average Bonchev–Trinajstić information content (AvgIpc) is 2.68. The van der Waals surface area contributed by atoms with Crippen LogP contribution in [0.4, 0.5) is 0 Å². The fourth-order valence-corrected chi connectivity index (χ4v) is 2.70. The van der Waals surface area contributed by atoms with E-state index < -0.39 is 68.3 Å². The van der Waals surface area contributed by atoms with Crippen molar-refractivity contribution in [2.24, 2.45) is 0 Å². The Bertz CT molecular complexity index is 365. The van der Waals surface area contributed by atoms with E-state index in [1.54, 1.807) is 0 Å². The van der Waals surface area contributed by atoms with Crippen molar-refractivity contribution in [3.63, 3.8) is 0 Å². The van der Waals surface area contributed by atoms with Crippen LogP contribution >= 0.6 is 0 Å². The number of aliphatic hydroxyl groups is 7. The molecule has 0 aromatic rings. The van der Waals surface area contributed by atoms with Gasteiger partial charge in [0.2, 0.25) is 0 Å². The number of ether oxygens (including phenoxy) is 3. The van der Waals surface area contributed by atoms with Gasteiger partial charge in [0.25, 0.3) is 0 Å². The molecule has 10 nitrogen and oxygen atoms in total. The molecule has 0 radical (unpaired) electrons. The summed E-state index contributed by atoms with van der Waals surface area (Å²) >= 11 is 0. The Morgan fingerprint density at radius 1 is 0.826 bits per heavy atom. The normalized spacial score (nSPS) is 48.9. The zero-order chi connectivity index (χ0) is 17.1. The molecule has 0 saturated carbocycles.